The topological polar surface area (TPSA) is 79.8 Å². The average molecular weight is 369 g/mol. The SMILES string of the molecule is COc1ccc(/C(C)=N\NC(=O)C2C(=O)NCC2c2ccccc2)cc1F. The molecule has 0 aromatic heterocycles. The van der Waals surface area contributed by atoms with E-state index in [1.807, 2.05) is 30.3 Å². The Morgan fingerprint density at radius 3 is 2.67 bits per heavy atom. The number of carbonyl (C=O) groups is 2. The summed E-state index contributed by atoms with van der Waals surface area (Å²) in [6, 6.07) is 13.8. The molecule has 27 heavy (non-hydrogen) atoms. The third-order valence-electron chi connectivity index (χ3n) is 4.59. The van der Waals surface area contributed by atoms with E-state index >= 15 is 0 Å². The molecule has 3 rings (SSSR count). The number of rotatable bonds is 5. The van der Waals surface area contributed by atoms with Crippen LogP contribution in [0, 0.1) is 11.7 Å². The Balaban J connectivity index is 1.74. The van der Waals surface area contributed by atoms with Gasteiger partial charge in [-0.25, -0.2) is 9.82 Å². The second kappa shape index (κ2) is 7.99. The van der Waals surface area contributed by atoms with Gasteiger partial charge in [-0.2, -0.15) is 5.10 Å². The first-order valence-corrected chi connectivity index (χ1v) is 8.52. The minimum absolute atomic E-state index is 0.129. The van der Waals surface area contributed by atoms with E-state index in [4.69, 9.17) is 4.74 Å². The van der Waals surface area contributed by atoms with Crippen LogP contribution in [0.15, 0.2) is 53.6 Å². The monoisotopic (exact) mass is 369 g/mol. The highest BCUT2D eigenvalue weighted by Gasteiger charge is 2.40. The van der Waals surface area contributed by atoms with Crippen molar-refractivity contribution in [3.8, 4) is 5.75 Å². The smallest absolute Gasteiger partial charge is 0.253 e. The van der Waals surface area contributed by atoms with Gasteiger partial charge in [0.1, 0.15) is 5.92 Å². The lowest BCUT2D eigenvalue weighted by molar-refractivity contribution is -0.133. The minimum Gasteiger partial charge on any atom is -0.494 e. The maximum Gasteiger partial charge on any atom is 0.253 e. The van der Waals surface area contributed by atoms with E-state index in [0.717, 1.165) is 5.56 Å². The van der Waals surface area contributed by atoms with E-state index in [9.17, 15) is 14.0 Å². The summed E-state index contributed by atoms with van der Waals surface area (Å²) in [4.78, 5) is 24.7. The van der Waals surface area contributed by atoms with Crippen molar-refractivity contribution in [1.82, 2.24) is 10.7 Å². The minimum atomic E-state index is -0.864. The highest BCUT2D eigenvalue weighted by Crippen LogP contribution is 2.29. The number of hydrogen-bond acceptors (Lipinski definition) is 4. The number of benzene rings is 2. The molecule has 2 atom stereocenters. The summed E-state index contributed by atoms with van der Waals surface area (Å²) in [5, 5.41) is 6.75. The molecule has 2 N–H and O–H groups in total. The van der Waals surface area contributed by atoms with Crippen molar-refractivity contribution < 1.29 is 18.7 Å². The molecule has 0 bridgehead atoms. The van der Waals surface area contributed by atoms with E-state index in [1.54, 1.807) is 13.0 Å². The summed E-state index contributed by atoms with van der Waals surface area (Å²) in [6.45, 7) is 2.04. The lowest BCUT2D eigenvalue weighted by Crippen LogP contribution is -2.35. The van der Waals surface area contributed by atoms with Gasteiger partial charge in [0.2, 0.25) is 5.91 Å². The molecule has 1 saturated heterocycles. The summed E-state index contributed by atoms with van der Waals surface area (Å²) in [5.74, 6) is -2.33. The largest absolute Gasteiger partial charge is 0.494 e. The van der Waals surface area contributed by atoms with Gasteiger partial charge in [-0.3, -0.25) is 9.59 Å². The van der Waals surface area contributed by atoms with Crippen molar-refractivity contribution in [3.63, 3.8) is 0 Å². The van der Waals surface area contributed by atoms with Gasteiger partial charge in [-0.05, 0) is 30.7 Å². The van der Waals surface area contributed by atoms with E-state index in [0.29, 0.717) is 17.8 Å². The fraction of sp³-hybridized carbons (Fsp3) is 0.250. The molecule has 6 nitrogen and oxygen atoms in total. The predicted molar refractivity (Wildman–Crippen MR) is 99.0 cm³/mol. The van der Waals surface area contributed by atoms with Crippen LogP contribution in [0.1, 0.15) is 24.0 Å². The zero-order valence-electron chi connectivity index (χ0n) is 15.0. The molecule has 1 fully saturated rings. The van der Waals surface area contributed by atoms with E-state index in [-0.39, 0.29) is 17.6 Å². The molecule has 7 heteroatoms. The number of nitrogens with zero attached hydrogens (tertiary/aromatic N) is 1. The molecule has 140 valence electrons. The van der Waals surface area contributed by atoms with Gasteiger partial charge >= 0.3 is 0 Å². The fourth-order valence-corrected chi connectivity index (χ4v) is 3.10. The third-order valence-corrected chi connectivity index (χ3v) is 4.59. The van der Waals surface area contributed by atoms with Gasteiger partial charge in [0, 0.05) is 18.0 Å². The van der Waals surface area contributed by atoms with Gasteiger partial charge in [0.15, 0.2) is 11.6 Å². The lowest BCUT2D eigenvalue weighted by atomic mass is 9.88. The van der Waals surface area contributed by atoms with Gasteiger partial charge in [0.25, 0.3) is 5.91 Å². The summed E-state index contributed by atoms with van der Waals surface area (Å²) in [6.07, 6.45) is 0. The molecular formula is C20H20FN3O3. The predicted octanol–water partition coefficient (Wildman–Crippen LogP) is 2.20. The summed E-state index contributed by atoms with van der Waals surface area (Å²) < 4.78 is 18.7. The first kappa shape index (κ1) is 18.6. The van der Waals surface area contributed by atoms with E-state index in [1.165, 1.54) is 19.2 Å². The summed E-state index contributed by atoms with van der Waals surface area (Å²) in [5.41, 5.74) is 4.27. The van der Waals surface area contributed by atoms with Crippen LogP contribution in [0.25, 0.3) is 0 Å². The molecule has 1 aliphatic rings. The second-order valence-electron chi connectivity index (χ2n) is 6.26. The highest BCUT2D eigenvalue weighted by molar-refractivity contribution is 6.04. The first-order chi connectivity index (χ1) is 13.0. The average Bonchev–Trinajstić information content (AvgIpc) is 3.08. The molecule has 1 heterocycles. The number of carbonyl (C=O) groups excluding carboxylic acids is 2. The van der Waals surface area contributed by atoms with Crippen molar-refractivity contribution in [2.75, 3.05) is 13.7 Å². The number of nitrogens with one attached hydrogen (secondary N) is 2. The number of hydrogen-bond donors (Lipinski definition) is 2. The van der Waals surface area contributed by atoms with Crippen LogP contribution in [0.5, 0.6) is 5.75 Å². The number of halogens is 1. The maximum atomic E-state index is 13.8. The number of hydrazone groups is 1. The zero-order valence-corrected chi connectivity index (χ0v) is 15.0. The van der Waals surface area contributed by atoms with Crippen LogP contribution in [0.4, 0.5) is 4.39 Å². The van der Waals surface area contributed by atoms with Crippen LogP contribution < -0.4 is 15.5 Å². The van der Waals surface area contributed by atoms with Crippen LogP contribution >= 0.6 is 0 Å². The van der Waals surface area contributed by atoms with Crippen molar-refractivity contribution >= 4 is 17.5 Å². The Bertz CT molecular complexity index is 883. The number of ether oxygens (including phenoxy) is 1. The Morgan fingerprint density at radius 1 is 1.26 bits per heavy atom. The highest BCUT2D eigenvalue weighted by atomic mass is 19.1. The molecule has 1 aliphatic heterocycles. The molecule has 0 spiro atoms. The van der Waals surface area contributed by atoms with Crippen LogP contribution in [0.2, 0.25) is 0 Å². The van der Waals surface area contributed by atoms with Gasteiger partial charge in [0.05, 0.1) is 12.8 Å². The Hall–Kier alpha value is -3.22. The molecular weight excluding hydrogens is 349 g/mol. The van der Waals surface area contributed by atoms with Gasteiger partial charge in [-0.15, -0.1) is 0 Å². The second-order valence-corrected chi connectivity index (χ2v) is 6.26. The molecule has 2 aromatic carbocycles. The van der Waals surface area contributed by atoms with Crippen molar-refractivity contribution in [2.24, 2.45) is 11.0 Å². The maximum absolute atomic E-state index is 13.8. The van der Waals surface area contributed by atoms with Crippen molar-refractivity contribution in [2.45, 2.75) is 12.8 Å². The third kappa shape index (κ3) is 3.97. The zero-order chi connectivity index (χ0) is 19.4. The molecule has 2 amide bonds. The fourth-order valence-electron chi connectivity index (χ4n) is 3.10. The first-order valence-electron chi connectivity index (χ1n) is 8.52. The number of amides is 2. The number of methoxy groups -OCH3 is 1. The molecule has 0 saturated carbocycles. The van der Waals surface area contributed by atoms with Gasteiger partial charge < -0.3 is 10.1 Å². The van der Waals surface area contributed by atoms with E-state index < -0.39 is 17.6 Å². The Morgan fingerprint density at radius 2 is 2.00 bits per heavy atom. The van der Waals surface area contributed by atoms with Gasteiger partial charge in [-0.1, -0.05) is 30.3 Å². The molecule has 2 unspecified atom stereocenters. The Kier molecular flexibility index (Phi) is 5.49. The Labute approximate surface area is 156 Å². The van der Waals surface area contributed by atoms with Crippen LogP contribution in [-0.2, 0) is 9.59 Å². The molecule has 2 aromatic rings. The molecule has 0 radical (unpaired) electrons. The molecule has 0 aliphatic carbocycles. The summed E-state index contributed by atoms with van der Waals surface area (Å²) in [7, 11) is 1.38. The van der Waals surface area contributed by atoms with Crippen LogP contribution in [-0.4, -0.2) is 31.2 Å². The summed E-state index contributed by atoms with van der Waals surface area (Å²) >= 11 is 0. The van der Waals surface area contributed by atoms with Crippen LogP contribution in [0.3, 0.4) is 0 Å². The standard InChI is InChI=1S/C20H20FN3O3/c1-12(14-8-9-17(27-2)16(21)10-14)23-24-20(26)18-15(11-22-19(18)25)13-6-4-3-5-7-13/h3-10,15,18H,11H2,1-2H3,(H,22,25)(H,24,26)/b23-12-. The van der Waals surface area contributed by atoms with E-state index in [2.05, 4.69) is 15.8 Å². The lowest BCUT2D eigenvalue weighted by Gasteiger charge is -2.15. The van der Waals surface area contributed by atoms with Crippen molar-refractivity contribution in [1.29, 1.82) is 0 Å². The quantitative estimate of drug-likeness (QED) is 0.482. The van der Waals surface area contributed by atoms with Crippen molar-refractivity contribution in [3.05, 3.63) is 65.5 Å². The normalized spacial score (nSPS) is 19.5.